The zero-order chi connectivity index (χ0) is 17.9. The van der Waals surface area contributed by atoms with Gasteiger partial charge in [-0.05, 0) is 31.9 Å². The van der Waals surface area contributed by atoms with E-state index in [0.717, 1.165) is 31.0 Å². The van der Waals surface area contributed by atoms with Crippen molar-refractivity contribution in [3.05, 3.63) is 34.1 Å². The highest BCUT2D eigenvalue weighted by molar-refractivity contribution is 7.89. The number of carbonyl (C=O) groups excluding carboxylic acids is 1. The first-order chi connectivity index (χ1) is 11.2. The first-order valence-electron chi connectivity index (χ1n) is 7.46. The number of carbonyl (C=O) groups is 1. The van der Waals surface area contributed by atoms with Crippen LogP contribution in [0.5, 0.6) is 0 Å². The lowest BCUT2D eigenvalue weighted by Gasteiger charge is -2.32. The molecule has 1 aliphatic rings. The van der Waals surface area contributed by atoms with Crippen LogP contribution >= 0.6 is 0 Å². The zero-order valence-electron chi connectivity index (χ0n) is 13.1. The lowest BCUT2D eigenvalue weighted by Crippen LogP contribution is -2.47. The number of halogens is 1. The number of nitrogens with zero attached hydrogens (tertiary/aromatic N) is 2. The lowest BCUT2D eigenvalue weighted by molar-refractivity contribution is -0.390. The Labute approximate surface area is 138 Å². The van der Waals surface area contributed by atoms with Gasteiger partial charge >= 0.3 is 5.69 Å². The first kappa shape index (κ1) is 18.3. The Balaban J connectivity index is 2.16. The molecule has 24 heavy (non-hydrogen) atoms. The molecular weight excluding hydrogens is 341 g/mol. The molecule has 0 spiro atoms. The van der Waals surface area contributed by atoms with Crippen molar-refractivity contribution in [1.82, 2.24) is 9.62 Å². The van der Waals surface area contributed by atoms with Crippen molar-refractivity contribution in [1.29, 1.82) is 0 Å². The van der Waals surface area contributed by atoms with Gasteiger partial charge < -0.3 is 4.90 Å². The molecule has 1 saturated heterocycles. The summed E-state index contributed by atoms with van der Waals surface area (Å²) in [5.41, 5.74) is -1.09. The number of nitrogens with one attached hydrogen (secondary N) is 1. The maximum absolute atomic E-state index is 13.6. The molecule has 0 saturated carbocycles. The molecule has 0 aliphatic carbocycles. The van der Waals surface area contributed by atoms with Gasteiger partial charge in [0.2, 0.25) is 21.7 Å². The zero-order valence-corrected chi connectivity index (χ0v) is 13.9. The van der Waals surface area contributed by atoms with Crippen molar-refractivity contribution in [2.45, 2.75) is 37.1 Å². The van der Waals surface area contributed by atoms with E-state index in [1.165, 1.54) is 0 Å². The van der Waals surface area contributed by atoms with Crippen LogP contribution in [0.15, 0.2) is 23.1 Å². The molecular formula is C14H18FN3O5S. The molecule has 8 nitrogen and oxygen atoms in total. The summed E-state index contributed by atoms with van der Waals surface area (Å²) in [6.07, 6.45) is 2.08. The van der Waals surface area contributed by atoms with Gasteiger partial charge in [0.15, 0.2) is 4.90 Å². The molecule has 2 rings (SSSR count). The molecule has 1 aromatic carbocycles. The van der Waals surface area contributed by atoms with Crippen LogP contribution < -0.4 is 4.72 Å². The number of benzene rings is 1. The van der Waals surface area contributed by atoms with E-state index in [1.54, 1.807) is 11.8 Å². The Hall–Kier alpha value is -2.07. The fourth-order valence-corrected chi connectivity index (χ4v) is 3.90. The van der Waals surface area contributed by atoms with Crippen molar-refractivity contribution >= 4 is 21.6 Å². The van der Waals surface area contributed by atoms with Gasteiger partial charge in [-0.15, -0.1) is 0 Å². The normalized spacial score (nSPS) is 16.9. The minimum Gasteiger partial charge on any atom is -0.339 e. The fraction of sp³-hybridized carbons (Fsp3) is 0.500. The summed E-state index contributed by atoms with van der Waals surface area (Å²) in [6.45, 7) is 2.12. The Morgan fingerprint density at radius 1 is 1.42 bits per heavy atom. The summed E-state index contributed by atoms with van der Waals surface area (Å²) in [7, 11) is -4.28. The molecule has 1 aliphatic heterocycles. The molecule has 0 bridgehead atoms. The third-order valence-electron chi connectivity index (χ3n) is 3.88. The Bertz CT molecular complexity index is 753. The van der Waals surface area contributed by atoms with E-state index in [9.17, 15) is 27.7 Å². The molecule has 10 heteroatoms. The molecule has 1 atom stereocenters. The summed E-state index contributed by atoms with van der Waals surface area (Å²) >= 11 is 0. The van der Waals surface area contributed by atoms with E-state index in [4.69, 9.17) is 0 Å². The van der Waals surface area contributed by atoms with Gasteiger partial charge in [0.05, 0.1) is 4.92 Å². The smallest absolute Gasteiger partial charge is 0.324 e. The molecule has 1 aromatic rings. The predicted molar refractivity (Wildman–Crippen MR) is 83.3 cm³/mol. The van der Waals surface area contributed by atoms with Crippen LogP contribution in [0.1, 0.15) is 26.2 Å². The highest BCUT2D eigenvalue weighted by Crippen LogP contribution is 2.26. The van der Waals surface area contributed by atoms with Crippen molar-refractivity contribution in [2.75, 3.05) is 13.1 Å². The second-order valence-corrected chi connectivity index (χ2v) is 7.32. The highest BCUT2D eigenvalue weighted by atomic mass is 32.2. The summed E-state index contributed by atoms with van der Waals surface area (Å²) in [6, 6.07) is 2.49. The van der Waals surface area contributed by atoms with Gasteiger partial charge in [-0.1, -0.05) is 6.07 Å². The number of hydrogen-bond acceptors (Lipinski definition) is 5. The van der Waals surface area contributed by atoms with Gasteiger partial charge in [-0.25, -0.2) is 13.1 Å². The predicted octanol–water partition coefficient (Wildman–Crippen LogP) is 1.41. The quantitative estimate of drug-likeness (QED) is 0.610. The minimum atomic E-state index is -4.28. The number of nitro groups is 1. The summed E-state index contributed by atoms with van der Waals surface area (Å²) in [4.78, 5) is 22.5. The van der Waals surface area contributed by atoms with Crippen LogP contribution in [0, 0.1) is 15.9 Å². The van der Waals surface area contributed by atoms with E-state index in [0.29, 0.717) is 13.0 Å². The molecule has 0 unspecified atom stereocenters. The lowest BCUT2D eigenvalue weighted by atomic mass is 10.1. The first-order valence-corrected chi connectivity index (χ1v) is 8.94. The van der Waals surface area contributed by atoms with Crippen LogP contribution in [-0.4, -0.2) is 43.3 Å². The van der Waals surface area contributed by atoms with Crippen molar-refractivity contribution in [2.24, 2.45) is 0 Å². The molecule has 1 N–H and O–H groups in total. The second-order valence-electron chi connectivity index (χ2n) is 5.59. The maximum Gasteiger partial charge on any atom is 0.324 e. The molecule has 132 valence electrons. The van der Waals surface area contributed by atoms with E-state index < -0.39 is 37.4 Å². The summed E-state index contributed by atoms with van der Waals surface area (Å²) in [5.74, 6) is -1.27. The van der Waals surface area contributed by atoms with E-state index in [2.05, 4.69) is 4.72 Å². The number of para-hydroxylation sites is 1. The molecule has 1 heterocycles. The van der Waals surface area contributed by atoms with E-state index in [-0.39, 0.29) is 12.5 Å². The number of nitro benzene ring substituents is 1. The monoisotopic (exact) mass is 359 g/mol. The average molecular weight is 359 g/mol. The number of hydrogen-bond donors (Lipinski definition) is 1. The molecule has 1 fully saturated rings. The van der Waals surface area contributed by atoms with Crippen LogP contribution in [0.2, 0.25) is 0 Å². The minimum absolute atomic E-state index is 0.0512. The molecule has 0 radical (unpaired) electrons. The van der Waals surface area contributed by atoms with Crippen molar-refractivity contribution in [3.8, 4) is 0 Å². The Kier molecular flexibility index (Phi) is 5.50. The number of rotatable bonds is 6. The van der Waals surface area contributed by atoms with Crippen molar-refractivity contribution in [3.63, 3.8) is 0 Å². The van der Waals surface area contributed by atoms with Gasteiger partial charge in [0.1, 0.15) is 0 Å². The van der Waals surface area contributed by atoms with Crippen LogP contribution in [0.25, 0.3) is 0 Å². The van der Waals surface area contributed by atoms with E-state index in [1.807, 2.05) is 0 Å². The third-order valence-corrected chi connectivity index (χ3v) is 5.34. The Morgan fingerprint density at radius 2 is 2.12 bits per heavy atom. The second kappa shape index (κ2) is 7.22. The number of sulfonamides is 1. The Morgan fingerprint density at radius 3 is 2.75 bits per heavy atom. The maximum atomic E-state index is 13.6. The number of likely N-dealkylation sites (tertiary alicyclic amines) is 1. The van der Waals surface area contributed by atoms with Crippen LogP contribution in [0.4, 0.5) is 10.1 Å². The van der Waals surface area contributed by atoms with Gasteiger partial charge in [-0.2, -0.15) is 4.39 Å². The third kappa shape index (κ3) is 3.88. The van der Waals surface area contributed by atoms with Gasteiger partial charge in [0, 0.05) is 25.6 Å². The van der Waals surface area contributed by atoms with Gasteiger partial charge in [0.25, 0.3) is 0 Å². The molecule has 1 amide bonds. The number of piperidine rings is 1. The van der Waals surface area contributed by atoms with Crippen LogP contribution in [0.3, 0.4) is 0 Å². The standard InChI is InChI=1S/C14H18FN3O5S/c1-10(17-8-3-2-7-13(17)19)9-16-24(22,23)12-6-4-5-11(15)14(12)18(20)21/h4-6,10,16H,2-3,7-9H2,1H3/t10-/m0/s1. The van der Waals surface area contributed by atoms with Gasteiger partial charge in [-0.3, -0.25) is 14.9 Å². The number of amides is 1. The SMILES string of the molecule is C[C@@H](CNS(=O)(=O)c1cccc(F)c1[N+](=O)[O-])N1CCCCC1=O. The van der Waals surface area contributed by atoms with E-state index >= 15 is 0 Å². The summed E-state index contributed by atoms with van der Waals surface area (Å²) < 4.78 is 40.4. The van der Waals surface area contributed by atoms with Crippen molar-refractivity contribution < 1.29 is 22.5 Å². The average Bonchev–Trinajstić information content (AvgIpc) is 2.52. The van der Waals surface area contributed by atoms with Crippen LogP contribution in [-0.2, 0) is 14.8 Å². The largest absolute Gasteiger partial charge is 0.339 e. The topological polar surface area (TPSA) is 110 Å². The highest BCUT2D eigenvalue weighted by Gasteiger charge is 2.30. The molecule has 0 aromatic heterocycles. The fourth-order valence-electron chi connectivity index (χ4n) is 2.60. The summed E-state index contributed by atoms with van der Waals surface area (Å²) in [5, 5.41) is 10.9.